The number of rotatable bonds is 6. The Labute approximate surface area is 112 Å². The molecule has 0 saturated carbocycles. The first kappa shape index (κ1) is 15.4. The van der Waals surface area contributed by atoms with Gasteiger partial charge in [0.05, 0.1) is 17.7 Å². The molecule has 0 radical (unpaired) electrons. The summed E-state index contributed by atoms with van der Waals surface area (Å²) < 4.78 is 13.3. The van der Waals surface area contributed by atoms with Crippen LogP contribution in [0.25, 0.3) is 0 Å². The van der Waals surface area contributed by atoms with Crippen molar-refractivity contribution in [1.29, 1.82) is 0 Å². The minimum atomic E-state index is -0.731. The molecule has 0 aromatic heterocycles. The average Bonchev–Trinajstić information content (AvgIpc) is 2.34. The summed E-state index contributed by atoms with van der Waals surface area (Å²) in [7, 11) is 1.87. The third-order valence-corrected chi connectivity index (χ3v) is 3.45. The zero-order chi connectivity index (χ0) is 13.7. The summed E-state index contributed by atoms with van der Waals surface area (Å²) in [6.45, 7) is 2.18. The molecule has 0 aliphatic rings. The van der Waals surface area contributed by atoms with Gasteiger partial charge in [0.2, 0.25) is 0 Å². The lowest BCUT2D eigenvalue weighted by Gasteiger charge is -2.26. The quantitative estimate of drug-likeness (QED) is 0.835. The largest absolute Gasteiger partial charge is 0.394 e. The van der Waals surface area contributed by atoms with E-state index in [1.165, 1.54) is 6.07 Å². The molecule has 102 valence electrons. The second-order valence-electron chi connectivity index (χ2n) is 4.55. The maximum Gasteiger partial charge on any atom is 0.142 e. The van der Waals surface area contributed by atoms with Crippen LogP contribution in [0.2, 0.25) is 5.02 Å². The van der Waals surface area contributed by atoms with Crippen molar-refractivity contribution in [2.45, 2.75) is 32.0 Å². The van der Waals surface area contributed by atoms with Crippen LogP contribution in [0.1, 0.15) is 18.9 Å². The fourth-order valence-corrected chi connectivity index (χ4v) is 1.93. The van der Waals surface area contributed by atoms with E-state index in [1.54, 1.807) is 12.1 Å². The van der Waals surface area contributed by atoms with Crippen molar-refractivity contribution in [3.8, 4) is 0 Å². The van der Waals surface area contributed by atoms with Gasteiger partial charge in [-0.3, -0.25) is 4.90 Å². The number of hydrogen-bond acceptors (Lipinski definition) is 3. The predicted molar refractivity (Wildman–Crippen MR) is 70.0 cm³/mol. The Morgan fingerprint density at radius 2 is 2.11 bits per heavy atom. The van der Waals surface area contributed by atoms with Gasteiger partial charge in [-0.25, -0.2) is 4.39 Å². The van der Waals surface area contributed by atoms with E-state index in [0.717, 1.165) is 0 Å². The summed E-state index contributed by atoms with van der Waals surface area (Å²) in [5.74, 6) is -0.425. The predicted octanol–water partition coefficient (Wildman–Crippen LogP) is 2.04. The summed E-state index contributed by atoms with van der Waals surface area (Å²) >= 11 is 5.88. The molecule has 0 heterocycles. The number of aliphatic hydroxyl groups excluding tert-OH is 2. The van der Waals surface area contributed by atoms with E-state index in [4.69, 9.17) is 16.7 Å². The van der Waals surface area contributed by atoms with Gasteiger partial charge >= 0.3 is 0 Å². The Morgan fingerprint density at radius 3 is 2.72 bits per heavy atom. The summed E-state index contributed by atoms with van der Waals surface area (Å²) in [4.78, 5) is 1.96. The van der Waals surface area contributed by atoms with Crippen LogP contribution in [0.15, 0.2) is 18.2 Å². The van der Waals surface area contributed by atoms with E-state index >= 15 is 0 Å². The normalized spacial score (nSPS) is 14.8. The molecule has 2 N–H and O–H groups in total. The number of nitrogens with zero attached hydrogens (tertiary/aromatic N) is 1. The zero-order valence-electron chi connectivity index (χ0n) is 10.6. The van der Waals surface area contributed by atoms with Crippen LogP contribution in [0.4, 0.5) is 4.39 Å². The van der Waals surface area contributed by atoms with Gasteiger partial charge in [-0.1, -0.05) is 23.7 Å². The molecule has 1 rings (SSSR count). The first-order valence-corrected chi connectivity index (χ1v) is 6.25. The molecule has 18 heavy (non-hydrogen) atoms. The third kappa shape index (κ3) is 4.21. The molecule has 1 aromatic carbocycles. The van der Waals surface area contributed by atoms with Crippen molar-refractivity contribution < 1.29 is 14.6 Å². The Morgan fingerprint density at radius 1 is 1.44 bits per heavy atom. The molecule has 0 aliphatic heterocycles. The molecule has 0 amide bonds. The molecule has 1 aromatic rings. The topological polar surface area (TPSA) is 43.7 Å². The van der Waals surface area contributed by atoms with E-state index in [2.05, 4.69) is 0 Å². The second kappa shape index (κ2) is 7.04. The summed E-state index contributed by atoms with van der Waals surface area (Å²) in [6.07, 6.45) is -0.273. The van der Waals surface area contributed by atoms with Crippen molar-refractivity contribution in [2.75, 3.05) is 13.7 Å². The first-order valence-electron chi connectivity index (χ1n) is 5.87. The Balaban J connectivity index is 2.63. The summed E-state index contributed by atoms with van der Waals surface area (Å²) in [5.41, 5.74) is 0.713. The fourth-order valence-electron chi connectivity index (χ4n) is 1.74. The van der Waals surface area contributed by atoms with Crippen LogP contribution < -0.4 is 0 Å². The van der Waals surface area contributed by atoms with Crippen molar-refractivity contribution in [3.63, 3.8) is 0 Å². The van der Waals surface area contributed by atoms with Crippen molar-refractivity contribution >= 4 is 11.6 Å². The average molecular weight is 276 g/mol. The van der Waals surface area contributed by atoms with Gasteiger partial charge in [0.1, 0.15) is 5.82 Å². The van der Waals surface area contributed by atoms with Crippen molar-refractivity contribution in [3.05, 3.63) is 34.6 Å². The summed E-state index contributed by atoms with van der Waals surface area (Å²) in [5, 5.41) is 18.3. The maximum absolute atomic E-state index is 13.3. The van der Waals surface area contributed by atoms with Gasteiger partial charge in [0, 0.05) is 12.6 Å². The molecule has 5 heteroatoms. The molecule has 0 spiro atoms. The smallest absolute Gasteiger partial charge is 0.142 e. The van der Waals surface area contributed by atoms with Gasteiger partial charge in [-0.15, -0.1) is 0 Å². The van der Waals surface area contributed by atoms with Crippen molar-refractivity contribution in [2.24, 2.45) is 0 Å². The Hall–Kier alpha value is -0.680. The minimum absolute atomic E-state index is 0.0616. The standard InChI is InChI=1S/C13H19ClFNO2/c1-9(6-11(18)8-17)16(2)7-10-4-3-5-12(15)13(10)14/h3-5,9,11,17-18H,6-8H2,1-2H3/t9-,11?/m0/s1. The Bertz CT molecular complexity index is 389. The van der Waals surface area contributed by atoms with E-state index in [0.29, 0.717) is 18.5 Å². The van der Waals surface area contributed by atoms with E-state index in [9.17, 15) is 9.50 Å². The molecule has 0 bridgehead atoms. The number of aliphatic hydroxyl groups is 2. The molecular formula is C13H19ClFNO2. The minimum Gasteiger partial charge on any atom is -0.394 e. The molecule has 1 unspecified atom stereocenters. The van der Waals surface area contributed by atoms with Crippen LogP contribution in [0.5, 0.6) is 0 Å². The van der Waals surface area contributed by atoms with Crippen LogP contribution in [0, 0.1) is 5.82 Å². The lowest BCUT2D eigenvalue weighted by molar-refractivity contribution is 0.0634. The van der Waals surface area contributed by atoms with Gasteiger partial charge in [0.25, 0.3) is 0 Å². The molecule has 2 atom stereocenters. The van der Waals surface area contributed by atoms with Gasteiger partial charge < -0.3 is 10.2 Å². The van der Waals surface area contributed by atoms with Gasteiger partial charge in [-0.2, -0.15) is 0 Å². The van der Waals surface area contributed by atoms with Gasteiger partial charge in [-0.05, 0) is 32.0 Å². The number of halogens is 2. The molecule has 0 aliphatic carbocycles. The number of hydrogen-bond donors (Lipinski definition) is 2. The second-order valence-corrected chi connectivity index (χ2v) is 4.93. The van der Waals surface area contributed by atoms with Crippen LogP contribution >= 0.6 is 11.6 Å². The van der Waals surface area contributed by atoms with Crippen LogP contribution in [-0.2, 0) is 6.54 Å². The third-order valence-electron chi connectivity index (χ3n) is 3.03. The zero-order valence-corrected chi connectivity index (χ0v) is 11.4. The highest BCUT2D eigenvalue weighted by atomic mass is 35.5. The number of benzene rings is 1. The molecular weight excluding hydrogens is 257 g/mol. The highest BCUT2D eigenvalue weighted by Gasteiger charge is 2.16. The molecule has 3 nitrogen and oxygen atoms in total. The fraction of sp³-hybridized carbons (Fsp3) is 0.538. The SMILES string of the molecule is C[C@@H](CC(O)CO)N(C)Cc1cccc(F)c1Cl. The van der Waals surface area contributed by atoms with Gasteiger partial charge in [0.15, 0.2) is 0 Å². The first-order chi connectivity index (χ1) is 8.45. The van der Waals surface area contributed by atoms with E-state index in [1.807, 2.05) is 18.9 Å². The van der Waals surface area contributed by atoms with E-state index < -0.39 is 11.9 Å². The highest BCUT2D eigenvalue weighted by Crippen LogP contribution is 2.21. The lowest BCUT2D eigenvalue weighted by Crippen LogP contribution is -2.33. The molecule has 0 fully saturated rings. The lowest BCUT2D eigenvalue weighted by atomic mass is 10.1. The van der Waals surface area contributed by atoms with E-state index in [-0.39, 0.29) is 17.7 Å². The van der Waals surface area contributed by atoms with Crippen molar-refractivity contribution in [1.82, 2.24) is 4.90 Å². The maximum atomic E-state index is 13.3. The van der Waals surface area contributed by atoms with Crippen LogP contribution in [0.3, 0.4) is 0 Å². The van der Waals surface area contributed by atoms with Crippen LogP contribution in [-0.4, -0.2) is 40.9 Å². The monoisotopic (exact) mass is 275 g/mol. The Kier molecular flexibility index (Phi) is 6.02. The summed E-state index contributed by atoms with van der Waals surface area (Å²) in [6, 6.07) is 4.78. The molecule has 0 saturated heterocycles. The highest BCUT2D eigenvalue weighted by molar-refractivity contribution is 6.31.